The molecule has 0 aliphatic carbocycles. The molecule has 3 unspecified atom stereocenters. The van der Waals surface area contributed by atoms with Crippen LogP contribution in [0.3, 0.4) is 0 Å². The number of unbranched alkanes of at least 4 members (excludes halogenated alkanes) is 14. The first-order valence-electron chi connectivity index (χ1n) is 26.1. The first-order chi connectivity index (χ1) is 35.1. The fourth-order valence-electron chi connectivity index (χ4n) is 7.36. The van der Waals surface area contributed by atoms with Crippen LogP contribution in [-0.2, 0) is 46.3 Å². The first kappa shape index (κ1) is 65.3. The Morgan fingerprint density at radius 1 is 0.740 bits per heavy atom. The molecule has 0 saturated carbocycles. The van der Waals surface area contributed by atoms with Gasteiger partial charge in [-0.25, -0.2) is 13.9 Å². The number of esters is 2. The molecule has 1 saturated heterocycles. The van der Waals surface area contributed by atoms with Crippen molar-refractivity contribution in [2.75, 3.05) is 25.6 Å². The Morgan fingerprint density at radius 2 is 1.32 bits per heavy atom. The number of rotatable bonds is 42. The lowest BCUT2D eigenvalue weighted by Gasteiger charge is -2.21. The third kappa shape index (κ3) is 32.3. The van der Waals surface area contributed by atoms with Crippen molar-refractivity contribution in [1.29, 1.82) is 0 Å². The summed E-state index contributed by atoms with van der Waals surface area (Å²) in [4.78, 5) is 61.9. The van der Waals surface area contributed by atoms with Crippen LogP contribution >= 0.6 is 15.6 Å². The third-order valence-corrected chi connectivity index (χ3v) is 14.0. The van der Waals surface area contributed by atoms with Crippen molar-refractivity contribution in [1.82, 2.24) is 9.55 Å². The number of anilines is 1. The topological polar surface area (TPSA) is 286 Å². The van der Waals surface area contributed by atoms with Crippen LogP contribution in [0.1, 0.15) is 168 Å². The van der Waals surface area contributed by atoms with E-state index in [-0.39, 0.29) is 18.7 Å². The van der Waals surface area contributed by atoms with Crippen molar-refractivity contribution in [3.63, 3.8) is 0 Å². The van der Waals surface area contributed by atoms with Gasteiger partial charge in [0.1, 0.15) is 30.7 Å². The lowest BCUT2D eigenvalue weighted by atomic mass is 10.0. The predicted octanol–water partition coefficient (Wildman–Crippen LogP) is 9.86. The molecule has 0 radical (unpaired) electrons. The second-order valence-electron chi connectivity index (χ2n) is 17.8. The maximum absolute atomic E-state index is 12.9. The molecular formula is C52H85N3O16P2. The Labute approximate surface area is 432 Å². The molecule has 7 N–H and O–H groups in total. The van der Waals surface area contributed by atoms with E-state index in [0.29, 0.717) is 25.7 Å². The molecule has 1 aliphatic heterocycles. The smallest absolute Gasteiger partial charge is 0.462 e. The van der Waals surface area contributed by atoms with E-state index < -0.39 is 89.8 Å². The number of nitrogens with zero attached hydrogens (tertiary/aromatic N) is 2. The van der Waals surface area contributed by atoms with Crippen LogP contribution in [0.2, 0.25) is 0 Å². The molecule has 414 valence electrons. The van der Waals surface area contributed by atoms with Gasteiger partial charge in [-0.15, -0.1) is 0 Å². The summed E-state index contributed by atoms with van der Waals surface area (Å²) in [5, 5.41) is 30.8. The standard InChI is InChI=1S/C52H85N3O16P2/c1-3-5-7-8-9-10-11-12-13-16-20-23-26-29-33-37-48(58)69-44(40-66-47(57)36-32-28-25-22-19-17-14-15-18-21-24-27-31-35-43(56)34-30-6-4-2)41-67-72(62,63)71-73(64,65)68-42-45-49(59)50(60)51(70-45)55-39-38-46(53)54-52(55)61/h6,15,17-19,24-25,27-28,30-31,35,38-39,43-45,49-51,56,59-60H,3-5,7-14,16,20-23,26,29,32-34,36-37,40-42H2,1-2H3,(H,62,63)(H,64,65)(H2,53,54,61)/b18-15-,19-17-,27-24+,28-25-,30-6-,35-31+/t43?,44-,45-,49-,50-,51-/m1/s1. The average molecular weight is 1070 g/mol. The quantitative estimate of drug-likeness (QED) is 0.0117. The van der Waals surface area contributed by atoms with Gasteiger partial charge in [-0.1, -0.05) is 177 Å². The van der Waals surface area contributed by atoms with Gasteiger partial charge in [0, 0.05) is 19.0 Å². The van der Waals surface area contributed by atoms with Crippen LogP contribution in [0.25, 0.3) is 0 Å². The Hall–Kier alpha value is -3.84. The van der Waals surface area contributed by atoms with Crippen molar-refractivity contribution >= 4 is 33.4 Å². The zero-order valence-electron chi connectivity index (χ0n) is 43.0. The molecule has 19 nitrogen and oxygen atoms in total. The van der Waals surface area contributed by atoms with Gasteiger partial charge >= 0.3 is 33.3 Å². The minimum atomic E-state index is -5.45. The highest BCUT2D eigenvalue weighted by molar-refractivity contribution is 7.61. The monoisotopic (exact) mass is 1070 g/mol. The highest BCUT2D eigenvalue weighted by Crippen LogP contribution is 2.60. The molecule has 1 aliphatic rings. The number of carbonyl (C=O) groups excluding carboxylic acids is 2. The number of nitrogens with two attached hydrogens (primary N) is 1. The molecular weight excluding hydrogens is 985 g/mol. The summed E-state index contributed by atoms with van der Waals surface area (Å²) in [6.07, 6.45) is 37.5. The maximum atomic E-state index is 12.9. The summed E-state index contributed by atoms with van der Waals surface area (Å²) in [5.74, 6) is -1.42. The van der Waals surface area contributed by atoms with Crippen molar-refractivity contribution in [3.05, 3.63) is 95.7 Å². The molecule has 1 aromatic rings. The predicted molar refractivity (Wildman–Crippen MR) is 281 cm³/mol. The van der Waals surface area contributed by atoms with Crippen LogP contribution in [-0.4, -0.2) is 96.9 Å². The number of phosphoric ester groups is 2. The minimum Gasteiger partial charge on any atom is -0.462 e. The highest BCUT2D eigenvalue weighted by atomic mass is 31.3. The maximum Gasteiger partial charge on any atom is 0.481 e. The summed E-state index contributed by atoms with van der Waals surface area (Å²) in [7, 11) is -10.9. The molecule has 73 heavy (non-hydrogen) atoms. The summed E-state index contributed by atoms with van der Waals surface area (Å²) >= 11 is 0. The van der Waals surface area contributed by atoms with Crippen molar-refractivity contribution < 1.29 is 71.4 Å². The summed E-state index contributed by atoms with van der Waals surface area (Å²) in [5.41, 5.74) is 4.58. The second kappa shape index (κ2) is 39.6. The summed E-state index contributed by atoms with van der Waals surface area (Å²) < 4.78 is 56.7. The molecule has 8 atom stereocenters. The SMILES string of the molecule is CC/C=C\CC(O)/C=C/C=C/C/C=C\C/C=C\C/C=C\CCC(=O)OC[C@H](COP(=O)(O)OP(=O)(O)OC[C@H]1O[C@@H](n2ccc(N)nc2=O)[C@H](O)[C@@H]1O)OC(=O)CCCCCCCCCCCCCCCCC. The largest absolute Gasteiger partial charge is 0.481 e. The Bertz CT molecular complexity index is 2020. The summed E-state index contributed by atoms with van der Waals surface area (Å²) in [6.45, 7) is 1.88. The Kier molecular flexibility index (Phi) is 35.4. The molecule has 2 rings (SSSR count). The van der Waals surface area contributed by atoms with E-state index in [1.165, 1.54) is 70.3 Å². The van der Waals surface area contributed by atoms with Gasteiger partial charge in [0.25, 0.3) is 0 Å². The van der Waals surface area contributed by atoms with Gasteiger partial charge in [0.2, 0.25) is 0 Å². The summed E-state index contributed by atoms with van der Waals surface area (Å²) in [6, 6.07) is 1.24. The Morgan fingerprint density at radius 3 is 1.92 bits per heavy atom. The number of allylic oxidation sites excluding steroid dienone is 10. The minimum absolute atomic E-state index is 0.0153. The second-order valence-corrected chi connectivity index (χ2v) is 20.9. The van der Waals surface area contributed by atoms with E-state index >= 15 is 0 Å². The van der Waals surface area contributed by atoms with Gasteiger partial charge in [-0.3, -0.25) is 23.2 Å². The molecule has 2 heterocycles. The van der Waals surface area contributed by atoms with Crippen molar-refractivity contribution in [2.45, 2.75) is 198 Å². The third-order valence-electron chi connectivity index (χ3n) is 11.4. The van der Waals surface area contributed by atoms with E-state index in [0.717, 1.165) is 55.7 Å². The zero-order valence-corrected chi connectivity index (χ0v) is 44.8. The van der Waals surface area contributed by atoms with Crippen molar-refractivity contribution in [2.24, 2.45) is 0 Å². The van der Waals surface area contributed by atoms with Gasteiger partial charge < -0.3 is 45.1 Å². The molecule has 1 aromatic heterocycles. The van der Waals surface area contributed by atoms with Crippen LogP contribution < -0.4 is 11.4 Å². The van der Waals surface area contributed by atoms with Gasteiger partial charge in [0.15, 0.2) is 12.3 Å². The molecule has 0 spiro atoms. The van der Waals surface area contributed by atoms with Crippen LogP contribution in [0.15, 0.2) is 90.0 Å². The normalized spacial score (nSPS) is 20.0. The van der Waals surface area contributed by atoms with Gasteiger partial charge in [-0.05, 0) is 51.0 Å². The molecule has 0 amide bonds. The van der Waals surface area contributed by atoms with Gasteiger partial charge in [-0.2, -0.15) is 9.29 Å². The number of ether oxygens (including phenoxy) is 3. The van der Waals surface area contributed by atoms with E-state index in [4.69, 9.17) is 29.0 Å². The average Bonchev–Trinajstić information content (AvgIpc) is 3.62. The fraction of sp³-hybridized carbons (Fsp3) is 0.654. The highest BCUT2D eigenvalue weighted by Gasteiger charge is 2.46. The molecule has 0 bridgehead atoms. The van der Waals surface area contributed by atoms with E-state index in [9.17, 15) is 48.6 Å². The number of aromatic nitrogens is 2. The van der Waals surface area contributed by atoms with E-state index in [1.807, 2.05) is 61.6 Å². The fourth-order valence-corrected chi connectivity index (χ4v) is 9.47. The van der Waals surface area contributed by atoms with Crippen LogP contribution in [0, 0.1) is 0 Å². The Balaban J connectivity index is 1.83. The van der Waals surface area contributed by atoms with Crippen LogP contribution in [0.4, 0.5) is 5.82 Å². The molecule has 1 fully saturated rings. The zero-order chi connectivity index (χ0) is 53.6. The van der Waals surface area contributed by atoms with E-state index in [1.54, 1.807) is 6.08 Å². The number of aliphatic hydroxyl groups excluding tert-OH is 3. The first-order valence-corrected chi connectivity index (χ1v) is 29.0. The number of hydrogen-bond donors (Lipinski definition) is 6. The van der Waals surface area contributed by atoms with E-state index in [2.05, 4.69) is 28.4 Å². The van der Waals surface area contributed by atoms with Crippen LogP contribution in [0.5, 0.6) is 0 Å². The van der Waals surface area contributed by atoms with Gasteiger partial charge in [0.05, 0.1) is 19.3 Å². The number of hydrogen-bond acceptors (Lipinski definition) is 16. The lowest BCUT2D eigenvalue weighted by Crippen LogP contribution is -2.36. The number of aliphatic hydroxyl groups is 3. The number of nitrogen functional groups attached to an aromatic ring is 1. The molecule has 21 heteroatoms. The lowest BCUT2D eigenvalue weighted by molar-refractivity contribution is -0.161. The molecule has 0 aromatic carbocycles. The number of phosphoric acid groups is 2. The van der Waals surface area contributed by atoms with Crippen molar-refractivity contribution in [3.8, 4) is 0 Å². The number of carbonyl (C=O) groups is 2.